The highest BCUT2D eigenvalue weighted by Crippen LogP contribution is 2.27. The molecule has 0 saturated heterocycles. The molecule has 0 bridgehead atoms. The lowest BCUT2D eigenvalue weighted by molar-refractivity contribution is 0.190. The van der Waals surface area contributed by atoms with E-state index in [4.69, 9.17) is 4.74 Å². The highest BCUT2D eigenvalue weighted by molar-refractivity contribution is 6.06. The molecule has 0 saturated carbocycles. The van der Waals surface area contributed by atoms with Gasteiger partial charge in [0.25, 0.3) is 0 Å². The minimum absolute atomic E-state index is 0.108. The molecular weight excluding hydrogens is 411 g/mol. The van der Waals surface area contributed by atoms with Crippen LogP contribution in [0, 0.1) is 17.5 Å². The lowest BCUT2D eigenvalue weighted by Gasteiger charge is -2.23. The molecule has 2 N–H and O–H groups in total. The fourth-order valence-corrected chi connectivity index (χ4v) is 2.80. The van der Waals surface area contributed by atoms with Gasteiger partial charge in [-0.3, -0.25) is 0 Å². The van der Waals surface area contributed by atoms with Crippen LogP contribution in [-0.2, 0) is 4.74 Å². The third kappa shape index (κ3) is 5.48. The van der Waals surface area contributed by atoms with Crippen molar-refractivity contribution in [1.29, 1.82) is 0 Å². The number of carbonyl (C=O) groups excluding carboxylic acids is 1. The van der Waals surface area contributed by atoms with Crippen molar-refractivity contribution in [2.45, 2.75) is 13.0 Å². The number of halogens is 3. The Labute approximate surface area is 176 Å². The Morgan fingerprint density at radius 1 is 1.16 bits per heavy atom. The van der Waals surface area contributed by atoms with Gasteiger partial charge < -0.3 is 15.4 Å². The number of ether oxygens (including phenoxy) is 1. The van der Waals surface area contributed by atoms with Gasteiger partial charge in [-0.1, -0.05) is 18.2 Å². The summed E-state index contributed by atoms with van der Waals surface area (Å²) in [5.74, 6) is -3.42. The van der Waals surface area contributed by atoms with Gasteiger partial charge in [0.1, 0.15) is 11.6 Å². The maximum absolute atomic E-state index is 14.1. The second-order valence-corrected chi connectivity index (χ2v) is 6.59. The third-order valence-corrected chi connectivity index (χ3v) is 4.11. The van der Waals surface area contributed by atoms with E-state index in [-0.39, 0.29) is 17.8 Å². The van der Waals surface area contributed by atoms with Crippen LogP contribution in [-0.4, -0.2) is 35.8 Å². The summed E-state index contributed by atoms with van der Waals surface area (Å²) in [5, 5.41) is 5.24. The lowest BCUT2D eigenvalue weighted by Crippen LogP contribution is -2.32. The Hall–Kier alpha value is -3.66. The Balaban J connectivity index is 1.96. The molecule has 1 aromatic heterocycles. The monoisotopic (exact) mass is 431 g/mol. The molecule has 3 aromatic rings. The van der Waals surface area contributed by atoms with Gasteiger partial charge >= 0.3 is 6.03 Å². The van der Waals surface area contributed by atoms with E-state index in [1.165, 1.54) is 12.3 Å². The first kappa shape index (κ1) is 22.0. The average molecular weight is 431 g/mol. The van der Waals surface area contributed by atoms with Gasteiger partial charge in [-0.25, -0.2) is 27.8 Å². The third-order valence-electron chi connectivity index (χ3n) is 4.11. The molecule has 1 heterocycles. The van der Waals surface area contributed by atoms with Gasteiger partial charge in [0.2, 0.25) is 5.95 Å². The summed E-state index contributed by atoms with van der Waals surface area (Å²) in [4.78, 5) is 22.6. The number of urea groups is 1. The van der Waals surface area contributed by atoms with Crippen LogP contribution in [0.5, 0.6) is 0 Å². The maximum Gasteiger partial charge on any atom is 0.332 e. The number of rotatable bonds is 7. The van der Waals surface area contributed by atoms with Crippen LogP contribution < -0.4 is 15.5 Å². The van der Waals surface area contributed by atoms with E-state index in [1.54, 1.807) is 37.4 Å². The van der Waals surface area contributed by atoms with Crippen LogP contribution in [0.3, 0.4) is 0 Å². The van der Waals surface area contributed by atoms with Gasteiger partial charge in [-0.2, -0.15) is 4.98 Å². The predicted octanol–water partition coefficient (Wildman–Crippen LogP) is 4.71. The number of hydrogen-bond donors (Lipinski definition) is 2. The molecule has 31 heavy (non-hydrogen) atoms. The van der Waals surface area contributed by atoms with Crippen molar-refractivity contribution in [1.82, 2.24) is 9.97 Å². The van der Waals surface area contributed by atoms with Crippen LogP contribution >= 0.6 is 0 Å². The molecule has 162 valence electrons. The second-order valence-electron chi connectivity index (χ2n) is 6.59. The summed E-state index contributed by atoms with van der Waals surface area (Å²) in [5.41, 5.74) is -0.239. The molecule has 0 spiro atoms. The molecule has 1 atom stereocenters. The number of hydrogen-bond acceptors (Lipinski definition) is 5. The summed E-state index contributed by atoms with van der Waals surface area (Å²) in [7, 11) is 1.56. The average Bonchev–Trinajstić information content (AvgIpc) is 2.73. The zero-order chi connectivity index (χ0) is 22.4. The molecule has 0 radical (unpaired) electrons. The van der Waals surface area contributed by atoms with Crippen LogP contribution in [0.2, 0.25) is 0 Å². The number of methoxy groups -OCH3 is 1. The molecule has 7 nitrogen and oxygen atoms in total. The Morgan fingerprint density at radius 3 is 2.61 bits per heavy atom. The van der Waals surface area contributed by atoms with E-state index in [0.717, 1.165) is 4.90 Å². The smallest absolute Gasteiger partial charge is 0.332 e. The molecule has 10 heteroatoms. The molecule has 0 fully saturated rings. The largest absolute Gasteiger partial charge is 0.383 e. The van der Waals surface area contributed by atoms with Gasteiger partial charge in [0.15, 0.2) is 11.6 Å². The minimum Gasteiger partial charge on any atom is -0.383 e. The van der Waals surface area contributed by atoms with Gasteiger partial charge in [-0.05, 0) is 19.1 Å². The summed E-state index contributed by atoms with van der Waals surface area (Å²) < 4.78 is 46.2. The van der Waals surface area contributed by atoms with Crippen molar-refractivity contribution in [3.05, 3.63) is 72.2 Å². The normalized spacial score (nSPS) is 11.6. The van der Waals surface area contributed by atoms with Crippen LogP contribution in [0.4, 0.5) is 41.1 Å². The molecule has 2 aromatic carbocycles. The number of amides is 2. The molecule has 0 aliphatic rings. The molecule has 3 rings (SSSR count). The highest BCUT2D eigenvalue weighted by atomic mass is 19.2. The molecule has 1 unspecified atom stereocenters. The Kier molecular flexibility index (Phi) is 7.03. The van der Waals surface area contributed by atoms with Crippen molar-refractivity contribution in [2.75, 3.05) is 29.3 Å². The summed E-state index contributed by atoms with van der Waals surface area (Å²) in [6.45, 7) is 2.27. The predicted molar refractivity (Wildman–Crippen MR) is 111 cm³/mol. The van der Waals surface area contributed by atoms with Gasteiger partial charge in [0.05, 0.1) is 18.0 Å². The molecule has 2 amide bonds. The number of benzene rings is 2. The van der Waals surface area contributed by atoms with Crippen LogP contribution in [0.1, 0.15) is 6.92 Å². The Bertz CT molecular complexity index is 1050. The fourth-order valence-electron chi connectivity index (χ4n) is 2.80. The number of anilines is 4. The number of aromatic nitrogens is 2. The van der Waals surface area contributed by atoms with Crippen molar-refractivity contribution in [3.63, 3.8) is 0 Å². The van der Waals surface area contributed by atoms with E-state index in [9.17, 15) is 18.0 Å². The maximum atomic E-state index is 14.1. The topological polar surface area (TPSA) is 79.4 Å². The Morgan fingerprint density at radius 2 is 1.90 bits per heavy atom. The highest BCUT2D eigenvalue weighted by Gasteiger charge is 2.22. The van der Waals surface area contributed by atoms with Crippen molar-refractivity contribution in [3.8, 4) is 0 Å². The minimum atomic E-state index is -1.41. The second kappa shape index (κ2) is 9.90. The number of nitrogens with zero attached hydrogens (tertiary/aromatic N) is 3. The van der Waals surface area contributed by atoms with Gasteiger partial charge in [0, 0.05) is 37.5 Å². The van der Waals surface area contributed by atoms with E-state index < -0.39 is 29.2 Å². The molecule has 0 aliphatic heterocycles. The van der Waals surface area contributed by atoms with Crippen LogP contribution in [0.25, 0.3) is 0 Å². The van der Waals surface area contributed by atoms with Crippen molar-refractivity contribution < 1.29 is 22.7 Å². The number of nitrogens with one attached hydrogen (secondary N) is 2. The van der Waals surface area contributed by atoms with Gasteiger partial charge in [-0.15, -0.1) is 0 Å². The zero-order valence-corrected chi connectivity index (χ0v) is 16.8. The molecule has 0 aliphatic carbocycles. The fraction of sp³-hybridized carbons (Fsp3) is 0.190. The van der Waals surface area contributed by atoms with E-state index in [0.29, 0.717) is 24.4 Å². The van der Waals surface area contributed by atoms with E-state index in [2.05, 4.69) is 20.6 Å². The standard InChI is InChI=1S/C21H20F3N5O2/c1-13(12-31-2)26-20-25-9-8-18(28-20)29(15-6-4-3-5-7-15)21(30)27-17-11-14(22)10-16(23)19(17)24/h3-11,13H,12H2,1-2H3,(H,27,30)(H,25,26,28). The first-order chi connectivity index (χ1) is 14.9. The quantitative estimate of drug-likeness (QED) is 0.530. The van der Waals surface area contributed by atoms with E-state index in [1.807, 2.05) is 6.92 Å². The first-order valence-corrected chi connectivity index (χ1v) is 9.28. The zero-order valence-electron chi connectivity index (χ0n) is 16.8. The van der Waals surface area contributed by atoms with Crippen molar-refractivity contribution in [2.24, 2.45) is 0 Å². The van der Waals surface area contributed by atoms with Crippen LogP contribution in [0.15, 0.2) is 54.7 Å². The lowest BCUT2D eigenvalue weighted by atomic mass is 10.2. The summed E-state index contributed by atoms with van der Waals surface area (Å²) in [6, 6.07) is 9.98. The summed E-state index contributed by atoms with van der Waals surface area (Å²) >= 11 is 0. The summed E-state index contributed by atoms with van der Waals surface area (Å²) in [6.07, 6.45) is 1.44. The number of para-hydroxylation sites is 1. The first-order valence-electron chi connectivity index (χ1n) is 9.28. The van der Waals surface area contributed by atoms with Crippen molar-refractivity contribution >= 4 is 29.2 Å². The molecular formula is C21H20F3N5O2. The SMILES string of the molecule is COCC(C)Nc1nccc(N(C(=O)Nc2cc(F)cc(F)c2F)c2ccccc2)n1. The number of carbonyl (C=O) groups is 1. The van der Waals surface area contributed by atoms with E-state index >= 15 is 0 Å².